The number of halogens is 1. The number of thiazole rings is 2. The Kier molecular flexibility index (Phi) is 4.96. The third-order valence-electron chi connectivity index (χ3n) is 3.48. The Labute approximate surface area is 153 Å². The van der Waals surface area contributed by atoms with Crippen LogP contribution >= 0.6 is 22.7 Å². The lowest BCUT2D eigenvalue weighted by atomic mass is 9.93. The van der Waals surface area contributed by atoms with Gasteiger partial charge in [-0.25, -0.2) is 14.4 Å². The molecule has 3 rings (SSSR count). The largest absolute Gasteiger partial charge is 0.302 e. The Balaban J connectivity index is 1.65. The average Bonchev–Trinajstić information content (AvgIpc) is 3.16. The summed E-state index contributed by atoms with van der Waals surface area (Å²) in [6.45, 7) is 6.24. The minimum atomic E-state index is -0.301. The SMILES string of the molecule is CC(C)(C)c1csc(NC(=O)Cc2csc(-c3cccc(F)c3)n2)n1. The van der Waals surface area contributed by atoms with Crippen LogP contribution in [0.15, 0.2) is 35.0 Å². The number of hydrogen-bond donors (Lipinski definition) is 1. The van der Waals surface area contributed by atoms with Gasteiger partial charge in [-0.2, -0.15) is 0 Å². The molecule has 0 aliphatic rings. The maximum Gasteiger partial charge on any atom is 0.232 e. The smallest absolute Gasteiger partial charge is 0.232 e. The number of nitrogens with one attached hydrogen (secondary N) is 1. The lowest BCUT2D eigenvalue weighted by Gasteiger charge is -2.14. The van der Waals surface area contributed by atoms with E-state index in [1.807, 2.05) is 10.8 Å². The fourth-order valence-corrected chi connectivity index (χ4v) is 3.92. The van der Waals surface area contributed by atoms with Gasteiger partial charge in [-0.3, -0.25) is 4.79 Å². The van der Waals surface area contributed by atoms with Gasteiger partial charge in [-0.15, -0.1) is 22.7 Å². The molecule has 0 saturated carbocycles. The highest BCUT2D eigenvalue weighted by atomic mass is 32.1. The van der Waals surface area contributed by atoms with Crippen molar-refractivity contribution in [2.75, 3.05) is 5.32 Å². The van der Waals surface area contributed by atoms with E-state index in [4.69, 9.17) is 0 Å². The summed E-state index contributed by atoms with van der Waals surface area (Å²) in [5, 5.41) is 7.89. The molecule has 0 aliphatic carbocycles. The van der Waals surface area contributed by atoms with Crippen molar-refractivity contribution in [1.29, 1.82) is 0 Å². The number of carbonyl (C=O) groups is 1. The van der Waals surface area contributed by atoms with Crippen LogP contribution in [0.5, 0.6) is 0 Å². The van der Waals surface area contributed by atoms with E-state index >= 15 is 0 Å². The number of rotatable bonds is 4. The molecule has 4 nitrogen and oxygen atoms in total. The Morgan fingerprint density at radius 1 is 1.20 bits per heavy atom. The molecule has 0 unspecified atom stereocenters. The van der Waals surface area contributed by atoms with Crippen molar-refractivity contribution in [2.24, 2.45) is 0 Å². The molecule has 7 heteroatoms. The maximum atomic E-state index is 13.3. The molecule has 25 heavy (non-hydrogen) atoms. The first-order chi connectivity index (χ1) is 11.8. The Morgan fingerprint density at radius 3 is 2.68 bits per heavy atom. The van der Waals surface area contributed by atoms with Gasteiger partial charge >= 0.3 is 0 Å². The summed E-state index contributed by atoms with van der Waals surface area (Å²) < 4.78 is 13.3. The van der Waals surface area contributed by atoms with E-state index in [-0.39, 0.29) is 23.6 Å². The minimum absolute atomic E-state index is 0.0474. The second-order valence-electron chi connectivity index (χ2n) is 6.67. The van der Waals surface area contributed by atoms with E-state index in [1.165, 1.54) is 34.8 Å². The van der Waals surface area contributed by atoms with Gasteiger partial charge in [-0.05, 0) is 12.1 Å². The van der Waals surface area contributed by atoms with Crippen molar-refractivity contribution < 1.29 is 9.18 Å². The second-order valence-corrected chi connectivity index (χ2v) is 8.38. The highest BCUT2D eigenvalue weighted by molar-refractivity contribution is 7.14. The predicted molar refractivity (Wildman–Crippen MR) is 101 cm³/mol. The summed E-state index contributed by atoms with van der Waals surface area (Å²) in [6.07, 6.45) is 0.163. The molecular formula is C18H18FN3OS2. The van der Waals surface area contributed by atoms with Crippen LogP contribution in [0.3, 0.4) is 0 Å². The van der Waals surface area contributed by atoms with Gasteiger partial charge in [0.2, 0.25) is 5.91 Å². The quantitative estimate of drug-likeness (QED) is 0.707. The van der Waals surface area contributed by atoms with E-state index in [1.54, 1.807) is 12.1 Å². The van der Waals surface area contributed by atoms with Gasteiger partial charge in [0.1, 0.15) is 10.8 Å². The van der Waals surface area contributed by atoms with Crippen molar-refractivity contribution >= 4 is 33.7 Å². The average molecular weight is 375 g/mol. The number of hydrogen-bond acceptors (Lipinski definition) is 5. The molecule has 2 heterocycles. The van der Waals surface area contributed by atoms with Crippen molar-refractivity contribution in [3.05, 3.63) is 52.2 Å². The van der Waals surface area contributed by atoms with E-state index in [0.717, 1.165) is 5.69 Å². The zero-order valence-electron chi connectivity index (χ0n) is 14.2. The van der Waals surface area contributed by atoms with E-state index in [2.05, 4.69) is 36.1 Å². The van der Waals surface area contributed by atoms with Crippen LogP contribution in [-0.2, 0) is 16.6 Å². The maximum absolute atomic E-state index is 13.3. The summed E-state index contributed by atoms with van der Waals surface area (Å²) >= 11 is 2.81. The van der Waals surface area contributed by atoms with Crippen molar-refractivity contribution in [3.63, 3.8) is 0 Å². The lowest BCUT2D eigenvalue weighted by molar-refractivity contribution is -0.115. The molecule has 0 aliphatic heterocycles. The Morgan fingerprint density at radius 2 is 2.00 bits per heavy atom. The predicted octanol–water partition coefficient (Wildman–Crippen LogP) is 4.88. The summed E-state index contributed by atoms with van der Waals surface area (Å²) in [6, 6.07) is 6.28. The number of benzene rings is 1. The first-order valence-electron chi connectivity index (χ1n) is 7.77. The number of amides is 1. The normalized spacial score (nSPS) is 11.5. The first-order valence-corrected chi connectivity index (χ1v) is 9.53. The fourth-order valence-electron chi connectivity index (χ4n) is 2.15. The van der Waals surface area contributed by atoms with E-state index in [9.17, 15) is 9.18 Å². The fraction of sp³-hybridized carbons (Fsp3) is 0.278. The molecule has 3 aromatic rings. The molecule has 0 radical (unpaired) electrons. The Hall–Kier alpha value is -2.12. The van der Waals surface area contributed by atoms with E-state index in [0.29, 0.717) is 21.4 Å². The third kappa shape index (κ3) is 4.49. The zero-order valence-corrected chi connectivity index (χ0v) is 15.8. The third-order valence-corrected chi connectivity index (χ3v) is 5.18. The second kappa shape index (κ2) is 7.01. The highest BCUT2D eigenvalue weighted by Gasteiger charge is 2.18. The van der Waals surface area contributed by atoms with Crippen molar-refractivity contribution in [2.45, 2.75) is 32.6 Å². The van der Waals surface area contributed by atoms with Gasteiger partial charge in [0.05, 0.1) is 17.8 Å². The lowest BCUT2D eigenvalue weighted by Crippen LogP contribution is -2.16. The van der Waals surface area contributed by atoms with Crippen molar-refractivity contribution in [3.8, 4) is 10.6 Å². The molecule has 2 aromatic heterocycles. The number of carbonyl (C=O) groups excluding carboxylic acids is 1. The van der Waals surface area contributed by atoms with Crippen molar-refractivity contribution in [1.82, 2.24) is 9.97 Å². The van der Waals surface area contributed by atoms with Gasteiger partial charge < -0.3 is 5.32 Å². The van der Waals surface area contributed by atoms with Gasteiger partial charge in [0.25, 0.3) is 0 Å². The van der Waals surface area contributed by atoms with Crippen LogP contribution in [-0.4, -0.2) is 15.9 Å². The minimum Gasteiger partial charge on any atom is -0.302 e. The summed E-state index contributed by atoms with van der Waals surface area (Å²) in [4.78, 5) is 21.1. The van der Waals surface area contributed by atoms with Crippen LogP contribution < -0.4 is 5.32 Å². The molecule has 130 valence electrons. The van der Waals surface area contributed by atoms with Crippen LogP contribution in [0.1, 0.15) is 32.2 Å². The standard InChI is InChI=1S/C18H18FN3OS2/c1-18(2,3)14-10-25-17(21-14)22-15(23)8-13-9-24-16(20-13)11-5-4-6-12(19)7-11/h4-7,9-10H,8H2,1-3H3,(H,21,22,23). The monoisotopic (exact) mass is 375 g/mol. The van der Waals surface area contributed by atoms with Crippen LogP contribution in [0.4, 0.5) is 9.52 Å². The Bertz CT molecular complexity index is 896. The molecular weight excluding hydrogens is 357 g/mol. The number of aromatic nitrogens is 2. The molecule has 0 spiro atoms. The van der Waals surface area contributed by atoms with Crippen LogP contribution in [0, 0.1) is 5.82 Å². The van der Waals surface area contributed by atoms with Gasteiger partial charge in [-0.1, -0.05) is 32.9 Å². The number of anilines is 1. The summed E-state index contributed by atoms with van der Waals surface area (Å²) in [5.74, 6) is -0.462. The van der Waals surface area contributed by atoms with Crippen LogP contribution in [0.25, 0.3) is 10.6 Å². The zero-order chi connectivity index (χ0) is 18.0. The molecule has 0 saturated heterocycles. The van der Waals surface area contributed by atoms with Gasteiger partial charge in [0, 0.05) is 21.7 Å². The van der Waals surface area contributed by atoms with E-state index < -0.39 is 0 Å². The highest BCUT2D eigenvalue weighted by Crippen LogP contribution is 2.27. The molecule has 1 aromatic carbocycles. The van der Waals surface area contributed by atoms with Gasteiger partial charge in [0.15, 0.2) is 5.13 Å². The molecule has 1 amide bonds. The number of nitrogens with zero attached hydrogens (tertiary/aromatic N) is 2. The molecule has 0 fully saturated rings. The topological polar surface area (TPSA) is 54.9 Å². The molecule has 0 bridgehead atoms. The molecule has 0 atom stereocenters. The first kappa shape index (κ1) is 17.7. The summed E-state index contributed by atoms with van der Waals surface area (Å²) in [7, 11) is 0. The summed E-state index contributed by atoms with van der Waals surface area (Å²) in [5.41, 5.74) is 2.28. The molecule has 1 N–H and O–H groups in total. The van der Waals surface area contributed by atoms with Crippen LogP contribution in [0.2, 0.25) is 0 Å².